The van der Waals surface area contributed by atoms with Crippen LogP contribution < -0.4 is 5.32 Å². The molecule has 1 aliphatic heterocycles. The minimum absolute atomic E-state index is 0.115. The lowest BCUT2D eigenvalue weighted by Crippen LogP contribution is -2.40. The number of rotatable bonds is 3. The minimum Gasteiger partial charge on any atom is -0.324 e. The Balaban J connectivity index is 1.38. The maximum atomic E-state index is 14.0. The van der Waals surface area contributed by atoms with Crippen LogP contribution in [0.5, 0.6) is 0 Å². The van der Waals surface area contributed by atoms with Crippen LogP contribution in [-0.4, -0.2) is 34.2 Å². The summed E-state index contributed by atoms with van der Waals surface area (Å²) >= 11 is 1.32. The number of urea groups is 1. The molecule has 3 aromatic rings. The number of anilines is 1. The van der Waals surface area contributed by atoms with E-state index in [-0.39, 0.29) is 17.5 Å². The zero-order valence-electron chi connectivity index (χ0n) is 14.9. The van der Waals surface area contributed by atoms with Gasteiger partial charge in [0.2, 0.25) is 0 Å². The molecule has 0 radical (unpaired) electrons. The summed E-state index contributed by atoms with van der Waals surface area (Å²) in [5.41, 5.74) is 1.02. The van der Waals surface area contributed by atoms with E-state index in [0.29, 0.717) is 18.1 Å². The largest absolute Gasteiger partial charge is 0.324 e. The smallest absolute Gasteiger partial charge is 0.321 e. The van der Waals surface area contributed by atoms with Crippen LogP contribution in [0.25, 0.3) is 10.6 Å². The Kier molecular flexibility index (Phi) is 5.29. The first-order chi connectivity index (χ1) is 13.6. The summed E-state index contributed by atoms with van der Waals surface area (Å²) < 4.78 is 27.0. The van der Waals surface area contributed by atoms with Crippen LogP contribution in [0, 0.1) is 11.6 Å². The summed E-state index contributed by atoms with van der Waals surface area (Å²) in [6.07, 6.45) is 1.53. The van der Waals surface area contributed by atoms with Crippen LogP contribution in [0.1, 0.15) is 23.8 Å². The zero-order chi connectivity index (χ0) is 19.5. The Morgan fingerprint density at radius 1 is 1.07 bits per heavy atom. The summed E-state index contributed by atoms with van der Waals surface area (Å²) in [5, 5.41) is 12.4. The highest BCUT2D eigenvalue weighted by Gasteiger charge is 2.26. The van der Waals surface area contributed by atoms with E-state index < -0.39 is 11.6 Å². The molecule has 0 saturated carbocycles. The molecule has 2 aromatic carbocycles. The number of hydrogen-bond donors (Lipinski definition) is 1. The van der Waals surface area contributed by atoms with Crippen molar-refractivity contribution in [3.05, 3.63) is 65.2 Å². The highest BCUT2D eigenvalue weighted by molar-refractivity contribution is 7.14. The van der Waals surface area contributed by atoms with Crippen molar-refractivity contribution in [2.45, 2.75) is 18.8 Å². The van der Waals surface area contributed by atoms with E-state index in [0.717, 1.165) is 29.6 Å². The number of piperidine rings is 1. The number of benzene rings is 2. The van der Waals surface area contributed by atoms with E-state index in [1.807, 2.05) is 30.3 Å². The van der Waals surface area contributed by atoms with Crippen molar-refractivity contribution in [3.63, 3.8) is 0 Å². The lowest BCUT2D eigenvalue weighted by Gasteiger charge is -2.30. The molecule has 28 heavy (non-hydrogen) atoms. The first kappa shape index (κ1) is 18.5. The maximum Gasteiger partial charge on any atom is 0.321 e. The van der Waals surface area contributed by atoms with Crippen LogP contribution in [-0.2, 0) is 0 Å². The van der Waals surface area contributed by atoms with E-state index in [9.17, 15) is 13.6 Å². The van der Waals surface area contributed by atoms with Gasteiger partial charge in [-0.3, -0.25) is 0 Å². The first-order valence-corrected chi connectivity index (χ1v) is 9.81. The van der Waals surface area contributed by atoms with E-state index in [2.05, 4.69) is 15.5 Å². The van der Waals surface area contributed by atoms with Gasteiger partial charge in [-0.2, -0.15) is 0 Å². The van der Waals surface area contributed by atoms with E-state index >= 15 is 0 Å². The number of aromatic nitrogens is 2. The third kappa shape index (κ3) is 4.01. The molecule has 0 bridgehead atoms. The third-order valence-corrected chi connectivity index (χ3v) is 5.88. The summed E-state index contributed by atoms with van der Waals surface area (Å²) in [6, 6.07) is 12.7. The van der Waals surface area contributed by atoms with Crippen LogP contribution in [0.15, 0.2) is 48.5 Å². The number of carbonyl (C=O) groups excluding carboxylic acids is 1. The van der Waals surface area contributed by atoms with E-state index in [1.165, 1.54) is 23.5 Å². The molecule has 2 heterocycles. The zero-order valence-corrected chi connectivity index (χ0v) is 15.8. The molecule has 0 unspecified atom stereocenters. The predicted octanol–water partition coefficient (Wildman–Crippen LogP) is 4.89. The number of hydrogen-bond acceptors (Lipinski definition) is 4. The molecule has 4 rings (SSSR count). The van der Waals surface area contributed by atoms with Crippen molar-refractivity contribution in [1.82, 2.24) is 15.1 Å². The Morgan fingerprint density at radius 2 is 1.82 bits per heavy atom. The molecule has 8 heteroatoms. The fourth-order valence-corrected chi connectivity index (χ4v) is 4.26. The van der Waals surface area contributed by atoms with E-state index in [4.69, 9.17) is 0 Å². The number of para-hydroxylation sites is 1. The first-order valence-electron chi connectivity index (χ1n) is 9.00. The second-order valence-corrected chi connectivity index (χ2v) is 7.64. The standard InChI is InChI=1S/C20H18F2N4OS/c21-14-6-7-16(17(22)12-14)19-25-24-18(28-19)13-8-10-26(11-9-13)20(27)23-15-4-2-1-3-5-15/h1-7,12-13H,8-11H2,(H,23,27). The molecule has 144 valence electrons. The average molecular weight is 400 g/mol. The van der Waals surface area contributed by atoms with Gasteiger partial charge in [-0.05, 0) is 37.1 Å². The Bertz CT molecular complexity index is 971. The number of amides is 2. The van der Waals surface area contributed by atoms with Crippen molar-refractivity contribution in [3.8, 4) is 10.6 Å². The Morgan fingerprint density at radius 3 is 2.54 bits per heavy atom. The van der Waals surface area contributed by atoms with Crippen molar-refractivity contribution in [1.29, 1.82) is 0 Å². The van der Waals surface area contributed by atoms with Gasteiger partial charge in [-0.25, -0.2) is 13.6 Å². The van der Waals surface area contributed by atoms with Gasteiger partial charge in [-0.15, -0.1) is 10.2 Å². The van der Waals surface area contributed by atoms with Gasteiger partial charge in [0.15, 0.2) is 5.01 Å². The normalized spacial score (nSPS) is 14.9. The molecule has 0 spiro atoms. The molecule has 1 N–H and O–H groups in total. The molecular weight excluding hydrogens is 382 g/mol. The quantitative estimate of drug-likeness (QED) is 0.681. The van der Waals surface area contributed by atoms with Crippen LogP contribution in [0.4, 0.5) is 19.3 Å². The van der Waals surface area contributed by atoms with Gasteiger partial charge < -0.3 is 10.2 Å². The fourth-order valence-electron chi connectivity index (χ4n) is 3.22. The Hall–Kier alpha value is -2.87. The van der Waals surface area contributed by atoms with Crippen molar-refractivity contribution >= 4 is 23.1 Å². The lowest BCUT2D eigenvalue weighted by atomic mass is 9.98. The molecule has 0 aliphatic carbocycles. The summed E-state index contributed by atoms with van der Waals surface area (Å²) in [7, 11) is 0. The van der Waals surface area contributed by atoms with Gasteiger partial charge in [0.05, 0.1) is 0 Å². The summed E-state index contributed by atoms with van der Waals surface area (Å²) in [6.45, 7) is 1.23. The number of nitrogens with zero attached hydrogens (tertiary/aromatic N) is 3. The molecule has 2 amide bonds. The number of likely N-dealkylation sites (tertiary alicyclic amines) is 1. The number of nitrogens with one attached hydrogen (secondary N) is 1. The molecule has 1 fully saturated rings. The van der Waals surface area contributed by atoms with Crippen molar-refractivity contribution in [2.24, 2.45) is 0 Å². The lowest BCUT2D eigenvalue weighted by molar-refractivity contribution is 0.194. The second kappa shape index (κ2) is 8.02. The van der Waals surface area contributed by atoms with Gasteiger partial charge >= 0.3 is 6.03 Å². The van der Waals surface area contributed by atoms with Crippen LogP contribution in [0.2, 0.25) is 0 Å². The summed E-state index contributed by atoms with van der Waals surface area (Å²) in [4.78, 5) is 14.2. The van der Waals surface area contributed by atoms with Gasteiger partial charge in [0, 0.05) is 36.3 Å². The molecule has 1 aliphatic rings. The van der Waals surface area contributed by atoms with Gasteiger partial charge in [0.1, 0.15) is 16.6 Å². The SMILES string of the molecule is O=C(Nc1ccccc1)N1CCC(c2nnc(-c3ccc(F)cc3F)s2)CC1. The third-order valence-electron chi connectivity index (χ3n) is 4.76. The highest BCUT2D eigenvalue weighted by Crippen LogP contribution is 2.34. The topological polar surface area (TPSA) is 58.1 Å². The Labute approximate surface area is 165 Å². The highest BCUT2D eigenvalue weighted by atomic mass is 32.1. The number of carbonyl (C=O) groups is 1. The summed E-state index contributed by atoms with van der Waals surface area (Å²) in [5.74, 6) is -1.09. The van der Waals surface area contributed by atoms with Crippen LogP contribution in [0.3, 0.4) is 0 Å². The number of halogens is 2. The van der Waals surface area contributed by atoms with Crippen LogP contribution >= 0.6 is 11.3 Å². The molecule has 0 atom stereocenters. The van der Waals surface area contributed by atoms with Crippen molar-refractivity contribution in [2.75, 3.05) is 18.4 Å². The second-order valence-electron chi connectivity index (χ2n) is 6.63. The maximum absolute atomic E-state index is 14.0. The monoisotopic (exact) mass is 400 g/mol. The van der Waals surface area contributed by atoms with Gasteiger partial charge in [0.25, 0.3) is 0 Å². The van der Waals surface area contributed by atoms with Gasteiger partial charge in [-0.1, -0.05) is 29.5 Å². The van der Waals surface area contributed by atoms with Crippen molar-refractivity contribution < 1.29 is 13.6 Å². The molecule has 1 aromatic heterocycles. The van der Waals surface area contributed by atoms with E-state index in [1.54, 1.807) is 4.90 Å². The molecular formula is C20H18F2N4OS. The average Bonchev–Trinajstić information content (AvgIpc) is 3.19. The predicted molar refractivity (Wildman–Crippen MR) is 104 cm³/mol. The minimum atomic E-state index is -0.643. The molecule has 5 nitrogen and oxygen atoms in total. The molecule has 1 saturated heterocycles. The fraction of sp³-hybridized carbons (Fsp3) is 0.250.